The minimum Gasteiger partial charge on any atom is -0.410 e. The first-order valence-corrected chi connectivity index (χ1v) is 14.8. The molecular formula is C29H46BrN3O5. The lowest BCUT2D eigenvalue weighted by Gasteiger charge is -2.19. The van der Waals surface area contributed by atoms with Gasteiger partial charge in [0, 0.05) is 30.9 Å². The standard InChI is InChI=1S/C29H46BrN3O5/c1-3-4-5-6-7-8-9-10-11-12-13-16-28(36)32-25(22-27(31)35)26(34)15-14-21-33(2)29(37)38-24-19-17-23(30)18-20-24/h17-20,25H,3-16,21-22H2,1-2H3,(H2,31,35)(H,32,36)/t25-/m1/s1. The maximum absolute atomic E-state index is 12.7. The fourth-order valence-electron chi connectivity index (χ4n) is 4.10. The molecule has 1 atom stereocenters. The topological polar surface area (TPSA) is 119 Å². The Morgan fingerprint density at radius 3 is 1.97 bits per heavy atom. The van der Waals surface area contributed by atoms with E-state index in [1.807, 2.05) is 0 Å². The summed E-state index contributed by atoms with van der Waals surface area (Å²) in [6.45, 7) is 2.52. The van der Waals surface area contributed by atoms with Crippen molar-refractivity contribution in [1.82, 2.24) is 10.2 Å². The molecule has 3 N–H and O–H groups in total. The molecule has 0 spiro atoms. The van der Waals surface area contributed by atoms with Crippen LogP contribution in [0.1, 0.15) is 103 Å². The molecule has 8 nitrogen and oxygen atoms in total. The molecule has 9 heteroatoms. The van der Waals surface area contributed by atoms with Gasteiger partial charge in [-0.3, -0.25) is 14.4 Å². The summed E-state index contributed by atoms with van der Waals surface area (Å²) < 4.78 is 6.17. The highest BCUT2D eigenvalue weighted by atomic mass is 79.9. The Morgan fingerprint density at radius 1 is 0.868 bits per heavy atom. The minimum atomic E-state index is -0.937. The Kier molecular flexibility index (Phi) is 18.2. The number of primary amides is 1. The zero-order valence-electron chi connectivity index (χ0n) is 23.1. The molecule has 38 heavy (non-hydrogen) atoms. The van der Waals surface area contributed by atoms with Gasteiger partial charge in [0.25, 0.3) is 0 Å². The van der Waals surface area contributed by atoms with Crippen LogP contribution in [0.5, 0.6) is 5.75 Å². The van der Waals surface area contributed by atoms with Crippen LogP contribution < -0.4 is 15.8 Å². The Labute approximate surface area is 236 Å². The number of nitrogens with two attached hydrogens (primary N) is 1. The van der Waals surface area contributed by atoms with Gasteiger partial charge in [0.1, 0.15) is 5.75 Å². The normalized spacial score (nSPS) is 11.6. The second-order valence-corrected chi connectivity index (χ2v) is 10.8. The zero-order valence-corrected chi connectivity index (χ0v) is 24.7. The van der Waals surface area contributed by atoms with E-state index in [-0.39, 0.29) is 31.1 Å². The first-order chi connectivity index (χ1) is 18.2. The van der Waals surface area contributed by atoms with Crippen molar-refractivity contribution in [1.29, 1.82) is 0 Å². The number of hydrogen-bond acceptors (Lipinski definition) is 5. The maximum atomic E-state index is 12.7. The summed E-state index contributed by atoms with van der Waals surface area (Å²) in [6, 6.07) is 5.95. The number of rotatable bonds is 21. The van der Waals surface area contributed by atoms with Crippen molar-refractivity contribution < 1.29 is 23.9 Å². The third-order valence-electron chi connectivity index (χ3n) is 6.38. The summed E-state index contributed by atoms with van der Waals surface area (Å²) in [5.41, 5.74) is 5.30. The maximum Gasteiger partial charge on any atom is 0.414 e. The predicted octanol–water partition coefficient (Wildman–Crippen LogP) is 6.29. The highest BCUT2D eigenvalue weighted by Crippen LogP contribution is 2.17. The van der Waals surface area contributed by atoms with Gasteiger partial charge in [-0.15, -0.1) is 0 Å². The molecule has 0 unspecified atom stereocenters. The van der Waals surface area contributed by atoms with E-state index in [1.54, 1.807) is 31.3 Å². The fraction of sp³-hybridized carbons (Fsp3) is 0.655. The van der Waals surface area contributed by atoms with E-state index in [0.29, 0.717) is 18.6 Å². The highest BCUT2D eigenvalue weighted by Gasteiger charge is 2.23. The highest BCUT2D eigenvalue weighted by molar-refractivity contribution is 9.10. The van der Waals surface area contributed by atoms with Crippen molar-refractivity contribution in [3.8, 4) is 5.75 Å². The summed E-state index contributed by atoms with van der Waals surface area (Å²) in [5, 5.41) is 2.68. The van der Waals surface area contributed by atoms with Crippen molar-refractivity contribution in [3.05, 3.63) is 28.7 Å². The molecule has 0 heterocycles. The molecule has 0 aromatic heterocycles. The number of amides is 3. The summed E-state index contributed by atoms with van der Waals surface area (Å²) in [7, 11) is 1.59. The second kappa shape index (κ2) is 20.5. The number of unbranched alkanes of at least 4 members (excludes halogenated alkanes) is 10. The van der Waals surface area contributed by atoms with Gasteiger partial charge >= 0.3 is 6.09 Å². The molecule has 1 aromatic rings. The molecule has 0 radical (unpaired) electrons. The number of ketones is 1. The van der Waals surface area contributed by atoms with Crippen molar-refractivity contribution in [2.75, 3.05) is 13.6 Å². The summed E-state index contributed by atoms with van der Waals surface area (Å²) >= 11 is 3.32. The average molecular weight is 597 g/mol. The van der Waals surface area contributed by atoms with Gasteiger partial charge in [-0.2, -0.15) is 0 Å². The van der Waals surface area contributed by atoms with E-state index in [9.17, 15) is 19.2 Å². The number of hydrogen-bond donors (Lipinski definition) is 2. The largest absolute Gasteiger partial charge is 0.414 e. The lowest BCUT2D eigenvalue weighted by molar-refractivity contribution is -0.130. The van der Waals surface area contributed by atoms with Crippen molar-refractivity contribution in [2.45, 2.75) is 109 Å². The molecule has 0 saturated carbocycles. The van der Waals surface area contributed by atoms with Crippen LogP contribution in [0.3, 0.4) is 0 Å². The van der Waals surface area contributed by atoms with Crippen LogP contribution in [-0.2, 0) is 14.4 Å². The molecule has 0 fully saturated rings. The monoisotopic (exact) mass is 595 g/mol. The number of ether oxygens (including phenoxy) is 1. The van der Waals surface area contributed by atoms with Gasteiger partial charge in [-0.05, 0) is 37.1 Å². The quantitative estimate of drug-likeness (QED) is 0.162. The number of carbonyl (C=O) groups excluding carboxylic acids is 4. The van der Waals surface area contributed by atoms with E-state index in [4.69, 9.17) is 10.5 Å². The van der Waals surface area contributed by atoms with Crippen molar-refractivity contribution >= 4 is 39.6 Å². The third kappa shape index (κ3) is 16.4. The summed E-state index contributed by atoms with van der Waals surface area (Å²) in [5.74, 6) is -0.738. The van der Waals surface area contributed by atoms with Crippen LogP contribution in [0.15, 0.2) is 28.7 Å². The van der Waals surface area contributed by atoms with E-state index >= 15 is 0 Å². The van der Waals surface area contributed by atoms with E-state index < -0.39 is 18.0 Å². The number of benzene rings is 1. The van der Waals surface area contributed by atoms with Gasteiger partial charge in [0.05, 0.1) is 12.5 Å². The van der Waals surface area contributed by atoms with E-state index in [1.165, 1.54) is 56.3 Å². The van der Waals surface area contributed by atoms with Crippen molar-refractivity contribution in [2.24, 2.45) is 5.73 Å². The van der Waals surface area contributed by atoms with E-state index in [2.05, 4.69) is 28.2 Å². The zero-order chi connectivity index (χ0) is 28.2. The molecule has 1 aromatic carbocycles. The Morgan fingerprint density at radius 2 is 1.42 bits per heavy atom. The molecular weight excluding hydrogens is 550 g/mol. The molecule has 214 valence electrons. The smallest absolute Gasteiger partial charge is 0.410 e. The molecule has 0 aliphatic carbocycles. The van der Waals surface area contributed by atoms with Gasteiger partial charge in [-0.25, -0.2) is 4.79 Å². The number of Topliss-reactive ketones (excluding diaryl/α,β-unsaturated/α-hetero) is 1. The van der Waals surface area contributed by atoms with Crippen LogP contribution in [0.25, 0.3) is 0 Å². The van der Waals surface area contributed by atoms with Gasteiger partial charge < -0.3 is 20.7 Å². The summed E-state index contributed by atoms with van der Waals surface area (Å²) in [4.78, 5) is 50.1. The predicted molar refractivity (Wildman–Crippen MR) is 154 cm³/mol. The van der Waals surface area contributed by atoms with Gasteiger partial charge in [0.15, 0.2) is 5.78 Å². The second-order valence-electron chi connectivity index (χ2n) is 9.89. The minimum absolute atomic E-state index is 0.104. The van der Waals surface area contributed by atoms with Crippen LogP contribution in [0, 0.1) is 0 Å². The molecule has 1 rings (SSSR count). The third-order valence-corrected chi connectivity index (χ3v) is 6.91. The number of halogens is 1. The Balaban J connectivity index is 2.28. The average Bonchev–Trinajstić information content (AvgIpc) is 2.87. The number of nitrogens with zero attached hydrogens (tertiary/aromatic N) is 1. The Hall–Kier alpha value is -2.42. The SMILES string of the molecule is CCCCCCCCCCCCCC(=O)N[C@H](CC(N)=O)C(=O)CCCN(C)C(=O)Oc1ccc(Br)cc1. The van der Waals surface area contributed by atoms with Crippen LogP contribution in [0.2, 0.25) is 0 Å². The number of nitrogens with one attached hydrogen (secondary N) is 1. The number of carbonyl (C=O) groups is 4. The van der Waals surface area contributed by atoms with E-state index in [0.717, 1.165) is 23.7 Å². The Bertz CT molecular complexity index is 847. The van der Waals surface area contributed by atoms with Gasteiger partial charge in [0.2, 0.25) is 11.8 Å². The molecule has 0 saturated heterocycles. The van der Waals surface area contributed by atoms with Crippen molar-refractivity contribution in [3.63, 3.8) is 0 Å². The summed E-state index contributed by atoms with van der Waals surface area (Å²) in [6.07, 6.45) is 13.1. The van der Waals surface area contributed by atoms with Crippen LogP contribution in [0.4, 0.5) is 4.79 Å². The van der Waals surface area contributed by atoms with Gasteiger partial charge in [-0.1, -0.05) is 87.1 Å². The lowest BCUT2D eigenvalue weighted by atomic mass is 10.0. The first kappa shape index (κ1) is 33.6. The molecule has 0 bridgehead atoms. The molecule has 3 amide bonds. The fourth-order valence-corrected chi connectivity index (χ4v) is 4.36. The molecule has 0 aliphatic heterocycles. The van der Waals surface area contributed by atoms with Crippen LogP contribution >= 0.6 is 15.9 Å². The van der Waals surface area contributed by atoms with Crippen LogP contribution in [-0.4, -0.2) is 48.2 Å². The first-order valence-electron chi connectivity index (χ1n) is 14.0. The molecule has 0 aliphatic rings. The lowest BCUT2D eigenvalue weighted by Crippen LogP contribution is -2.43.